The van der Waals surface area contributed by atoms with Crippen LogP contribution >= 0.6 is 22.9 Å². The zero-order chi connectivity index (χ0) is 29.5. The van der Waals surface area contributed by atoms with Crippen molar-refractivity contribution in [2.45, 2.75) is 19.4 Å². The van der Waals surface area contributed by atoms with E-state index in [1.54, 1.807) is 30.3 Å². The topological polar surface area (TPSA) is 118 Å². The van der Waals surface area contributed by atoms with Crippen molar-refractivity contribution in [2.75, 3.05) is 6.61 Å². The minimum Gasteiger partial charge on any atom is -0.491 e. The number of alkyl halides is 4. The number of hydrogen-bond acceptors (Lipinski definition) is 7. The second-order valence-corrected chi connectivity index (χ2v) is 9.94. The Hall–Kier alpha value is -4.54. The number of aromatic carboxylic acids is 1. The molecule has 8 nitrogen and oxygen atoms in total. The van der Waals surface area contributed by atoms with Gasteiger partial charge in [0.15, 0.2) is 0 Å². The predicted molar refractivity (Wildman–Crippen MR) is 143 cm³/mol. The van der Waals surface area contributed by atoms with Gasteiger partial charge in [0.25, 0.3) is 5.56 Å². The highest BCUT2D eigenvalue weighted by Gasteiger charge is 2.32. The monoisotopic (exact) mass is 602 g/mol. The lowest BCUT2D eigenvalue weighted by atomic mass is 10.0. The number of pyridine rings is 1. The fraction of sp³-hybridized carbons (Fsp3) is 0.148. The van der Waals surface area contributed by atoms with Gasteiger partial charge in [-0.25, -0.2) is 14.2 Å². The first-order valence-corrected chi connectivity index (χ1v) is 12.9. The summed E-state index contributed by atoms with van der Waals surface area (Å²) in [5.41, 5.74) is -1.62. The number of rotatable bonds is 7. The zero-order valence-corrected chi connectivity index (χ0v) is 22.1. The van der Waals surface area contributed by atoms with Crippen LogP contribution in [0.3, 0.4) is 0 Å². The number of fused-ring (bicyclic) bond motifs is 2. The molecule has 0 bridgehead atoms. The van der Waals surface area contributed by atoms with E-state index in [-0.39, 0.29) is 29.6 Å². The van der Waals surface area contributed by atoms with Gasteiger partial charge in [-0.15, -0.1) is 11.3 Å². The van der Waals surface area contributed by atoms with E-state index in [1.165, 1.54) is 22.9 Å². The lowest BCUT2D eigenvalue weighted by molar-refractivity contribution is -0.137. The maximum atomic E-state index is 13.9. The molecule has 0 aliphatic carbocycles. The molecular weight excluding hydrogens is 588 g/mol. The van der Waals surface area contributed by atoms with Crippen LogP contribution in [0.25, 0.3) is 32.2 Å². The molecule has 0 aliphatic heterocycles. The van der Waals surface area contributed by atoms with Crippen LogP contribution in [0, 0.1) is 11.3 Å². The number of benzene rings is 2. The molecule has 0 radical (unpaired) electrons. The second-order valence-electron chi connectivity index (χ2n) is 8.63. The van der Waals surface area contributed by atoms with E-state index in [0.29, 0.717) is 38.7 Å². The minimum atomic E-state index is -4.80. The highest BCUT2D eigenvalue weighted by molar-refractivity contribution is 7.18. The maximum absolute atomic E-state index is 13.9. The van der Waals surface area contributed by atoms with Gasteiger partial charge >= 0.3 is 12.1 Å². The maximum Gasteiger partial charge on any atom is 0.416 e. The number of carboxylic acid groups (broad SMARTS) is 1. The highest BCUT2D eigenvalue weighted by Crippen LogP contribution is 2.39. The Morgan fingerprint density at radius 3 is 2.66 bits per heavy atom. The van der Waals surface area contributed by atoms with E-state index in [4.69, 9.17) is 16.3 Å². The van der Waals surface area contributed by atoms with E-state index in [0.717, 1.165) is 4.57 Å². The van der Waals surface area contributed by atoms with Crippen LogP contribution in [0.1, 0.15) is 27.3 Å². The van der Waals surface area contributed by atoms with Gasteiger partial charge in [-0.1, -0.05) is 11.6 Å². The smallest absolute Gasteiger partial charge is 0.416 e. The molecule has 41 heavy (non-hydrogen) atoms. The lowest BCUT2D eigenvalue weighted by Gasteiger charge is -2.16. The zero-order valence-electron chi connectivity index (χ0n) is 20.5. The molecular formula is C27H15ClF4N4O4S. The van der Waals surface area contributed by atoms with E-state index in [9.17, 15) is 37.5 Å². The molecule has 0 unspecified atom stereocenters. The molecule has 0 saturated heterocycles. The molecule has 0 aliphatic rings. The summed E-state index contributed by atoms with van der Waals surface area (Å²) < 4.78 is 61.1. The number of thiophene rings is 1. The van der Waals surface area contributed by atoms with Crippen molar-refractivity contribution >= 4 is 50.0 Å². The number of halogens is 5. The van der Waals surface area contributed by atoms with Crippen molar-refractivity contribution in [3.05, 3.63) is 85.9 Å². The molecule has 0 saturated carbocycles. The molecule has 208 valence electrons. The molecule has 14 heteroatoms. The number of carbonyl (C=O) groups is 1. The Kier molecular flexibility index (Phi) is 7.37. The summed E-state index contributed by atoms with van der Waals surface area (Å²) in [5, 5.41) is 20.4. The number of hydrogen-bond donors (Lipinski definition) is 1. The van der Waals surface area contributed by atoms with Crippen LogP contribution in [0.4, 0.5) is 17.6 Å². The molecule has 0 fully saturated rings. The Labute approximate surface area is 236 Å². The van der Waals surface area contributed by atoms with Crippen molar-refractivity contribution in [3.8, 4) is 22.9 Å². The Bertz CT molecular complexity index is 1950. The lowest BCUT2D eigenvalue weighted by Crippen LogP contribution is -2.28. The third kappa shape index (κ3) is 5.19. The van der Waals surface area contributed by atoms with Crippen molar-refractivity contribution in [1.82, 2.24) is 14.5 Å². The fourth-order valence-corrected chi connectivity index (χ4v) is 5.56. The summed E-state index contributed by atoms with van der Waals surface area (Å²) in [6.45, 7) is -1.70. The van der Waals surface area contributed by atoms with Crippen LogP contribution < -0.4 is 10.3 Å². The van der Waals surface area contributed by atoms with Crippen molar-refractivity contribution in [2.24, 2.45) is 0 Å². The Morgan fingerprint density at radius 2 is 1.98 bits per heavy atom. The van der Waals surface area contributed by atoms with Crippen LogP contribution in [0.5, 0.6) is 5.75 Å². The van der Waals surface area contributed by atoms with Gasteiger partial charge in [-0.05, 0) is 36.4 Å². The van der Waals surface area contributed by atoms with Gasteiger partial charge in [0, 0.05) is 27.7 Å². The number of carboxylic acids is 1. The molecule has 3 aromatic heterocycles. The van der Waals surface area contributed by atoms with Crippen LogP contribution in [0.2, 0.25) is 5.02 Å². The van der Waals surface area contributed by atoms with Crippen molar-refractivity contribution in [3.63, 3.8) is 0 Å². The average molecular weight is 603 g/mol. The molecule has 2 aromatic carbocycles. The first-order valence-electron chi connectivity index (χ1n) is 11.7. The van der Waals surface area contributed by atoms with Gasteiger partial charge in [0.05, 0.1) is 44.4 Å². The Balaban J connectivity index is 1.51. The van der Waals surface area contributed by atoms with Gasteiger partial charge in [0.2, 0.25) is 0 Å². The molecule has 5 aromatic rings. The molecule has 0 amide bonds. The molecule has 0 atom stereocenters. The summed E-state index contributed by atoms with van der Waals surface area (Å²) in [5.74, 6) is -1.25. The van der Waals surface area contributed by atoms with Gasteiger partial charge in [0.1, 0.15) is 30.9 Å². The van der Waals surface area contributed by atoms with E-state index in [2.05, 4.69) is 9.97 Å². The van der Waals surface area contributed by atoms with Crippen molar-refractivity contribution < 1.29 is 32.2 Å². The SMILES string of the molecule is N#Cc1cc(C(F)(F)F)cc2nc(CF)n(CCOc3ccc(Cl)cc3-c3ccnc4c(C(=O)O)csc34)c(=O)c12. The summed E-state index contributed by atoms with van der Waals surface area (Å²) in [7, 11) is 0. The third-order valence-corrected chi connectivity index (χ3v) is 7.43. The number of nitriles is 1. The van der Waals surface area contributed by atoms with Gasteiger partial charge in [-0.2, -0.15) is 18.4 Å². The third-order valence-electron chi connectivity index (χ3n) is 6.19. The highest BCUT2D eigenvalue weighted by atomic mass is 35.5. The van der Waals surface area contributed by atoms with Crippen molar-refractivity contribution in [1.29, 1.82) is 5.26 Å². The molecule has 3 heterocycles. The minimum absolute atomic E-state index is 0.0392. The summed E-state index contributed by atoms with van der Waals surface area (Å²) in [6.07, 6.45) is -3.35. The summed E-state index contributed by atoms with van der Waals surface area (Å²) in [4.78, 5) is 32.9. The number of ether oxygens (including phenoxy) is 1. The molecule has 5 rings (SSSR count). The standard InChI is InChI=1S/C27H15ClF4N4O4S/c28-15-1-2-20(17(9-15)16-3-4-34-23-18(26(38)39)12-41-24(16)23)40-6-5-36-21(10-29)35-19-8-14(27(30,31)32)7-13(11-33)22(19)25(36)37/h1-4,7-9,12H,5-6,10H2,(H,38,39). The van der Waals surface area contributed by atoms with E-state index >= 15 is 0 Å². The summed E-state index contributed by atoms with van der Waals surface area (Å²) in [6, 6.07) is 9.16. The van der Waals surface area contributed by atoms with Crippen LogP contribution in [-0.2, 0) is 19.4 Å². The quantitative estimate of drug-likeness (QED) is 0.212. The molecule has 1 N–H and O–H groups in total. The van der Waals surface area contributed by atoms with Gasteiger partial charge in [-0.3, -0.25) is 14.3 Å². The average Bonchev–Trinajstić information content (AvgIpc) is 3.38. The Morgan fingerprint density at radius 1 is 1.20 bits per heavy atom. The normalized spacial score (nSPS) is 11.6. The molecule has 0 spiro atoms. The largest absolute Gasteiger partial charge is 0.491 e. The second kappa shape index (κ2) is 10.8. The number of aromatic nitrogens is 3. The first kappa shape index (κ1) is 28.0. The van der Waals surface area contributed by atoms with Gasteiger partial charge < -0.3 is 9.84 Å². The van der Waals surface area contributed by atoms with E-state index < -0.39 is 46.8 Å². The predicted octanol–water partition coefficient (Wildman–Crippen LogP) is 6.46. The fourth-order valence-electron chi connectivity index (χ4n) is 4.36. The summed E-state index contributed by atoms with van der Waals surface area (Å²) >= 11 is 7.41. The first-order chi connectivity index (χ1) is 19.5. The number of nitrogens with zero attached hydrogens (tertiary/aromatic N) is 4. The van der Waals surface area contributed by atoms with E-state index in [1.807, 2.05) is 0 Å². The van der Waals surface area contributed by atoms with Crippen LogP contribution in [-0.4, -0.2) is 32.2 Å². The van der Waals surface area contributed by atoms with Crippen LogP contribution in [0.15, 0.2) is 52.8 Å².